The van der Waals surface area contributed by atoms with E-state index in [0.717, 1.165) is 38.9 Å². The van der Waals surface area contributed by atoms with Crippen LogP contribution in [0.1, 0.15) is 64.2 Å². The number of hydrogen-bond donors (Lipinski definition) is 2. The van der Waals surface area contributed by atoms with E-state index in [1.54, 1.807) is 0 Å². The average molecular weight is 474 g/mol. The van der Waals surface area contributed by atoms with Gasteiger partial charge in [0.2, 0.25) is 0 Å². The van der Waals surface area contributed by atoms with Crippen molar-refractivity contribution in [2.24, 2.45) is 10.8 Å². The summed E-state index contributed by atoms with van der Waals surface area (Å²) < 4.78 is 21.4. The molecule has 0 atom stereocenters. The molecule has 0 aromatic heterocycles. The Morgan fingerprint density at radius 1 is 0.697 bits per heavy atom. The molecule has 0 amide bonds. The number of rotatable bonds is 28. The van der Waals surface area contributed by atoms with Gasteiger partial charge < -0.3 is 30.0 Å². The molecule has 10 nitrogen and oxygen atoms in total. The molecule has 0 aliphatic carbocycles. The Balaban J connectivity index is 3.15. The number of unbranched alkanes of at least 4 members (excludes halogenated alkanes) is 6. The Morgan fingerprint density at radius 3 is 1.82 bits per heavy atom. The molecule has 0 saturated carbocycles. The molecule has 0 aliphatic rings. The van der Waals surface area contributed by atoms with Gasteiger partial charge in [-0.3, -0.25) is 4.79 Å². The number of Topliss-reactive ketones (excluding diaryl/α,β-unsaturated/α-hetero) is 1. The van der Waals surface area contributed by atoms with Crippen LogP contribution in [0.3, 0.4) is 0 Å². The number of nitrogens with zero attached hydrogens (tertiary/aromatic N) is 3. The summed E-state index contributed by atoms with van der Waals surface area (Å²) in [5.74, 6) is 0.287. The van der Waals surface area contributed by atoms with Crippen LogP contribution in [0, 0.1) is 0 Å². The fourth-order valence-corrected chi connectivity index (χ4v) is 3.03. The van der Waals surface area contributed by atoms with Gasteiger partial charge in [-0.2, -0.15) is 0 Å². The maximum atomic E-state index is 11.9. The van der Waals surface area contributed by atoms with Crippen LogP contribution in [0.25, 0.3) is 10.4 Å². The first-order valence-corrected chi connectivity index (χ1v) is 12.6. The van der Waals surface area contributed by atoms with Crippen molar-refractivity contribution in [2.75, 3.05) is 79.0 Å². The average Bonchev–Trinajstić information content (AvgIpc) is 2.82. The molecule has 194 valence electrons. The van der Waals surface area contributed by atoms with Crippen LogP contribution in [-0.2, 0) is 23.7 Å². The molecule has 0 heterocycles. The van der Waals surface area contributed by atoms with Crippen molar-refractivity contribution in [3.8, 4) is 0 Å². The third-order valence-electron chi connectivity index (χ3n) is 4.91. The summed E-state index contributed by atoms with van der Waals surface area (Å²) in [4.78, 5) is 14.5. The quantitative estimate of drug-likeness (QED) is 0.0768. The Kier molecular flexibility index (Phi) is 27.7. The van der Waals surface area contributed by atoms with E-state index in [-0.39, 0.29) is 5.78 Å². The number of hydrogen-bond acceptors (Lipinski definition) is 8. The molecule has 0 aromatic rings. The van der Waals surface area contributed by atoms with Crippen molar-refractivity contribution in [3.05, 3.63) is 10.4 Å². The number of carbonyl (C=O) groups excluding carboxylic acids is 1. The summed E-state index contributed by atoms with van der Waals surface area (Å²) in [6, 6.07) is 0. The molecule has 0 aliphatic heterocycles. The van der Waals surface area contributed by atoms with E-state index in [1.165, 1.54) is 32.1 Å². The lowest BCUT2D eigenvalue weighted by molar-refractivity contribution is -0.120. The molecular formula is C23H47N5O5. The molecule has 0 saturated heterocycles. The monoisotopic (exact) mass is 473 g/mol. The molecular weight excluding hydrogens is 426 g/mol. The van der Waals surface area contributed by atoms with Crippen molar-refractivity contribution in [1.29, 1.82) is 0 Å². The summed E-state index contributed by atoms with van der Waals surface area (Å²) in [5.41, 5.74) is 13.6. The summed E-state index contributed by atoms with van der Waals surface area (Å²) >= 11 is 0. The third kappa shape index (κ3) is 28.7. The van der Waals surface area contributed by atoms with Crippen LogP contribution in [0.4, 0.5) is 0 Å². The van der Waals surface area contributed by atoms with Gasteiger partial charge in [-0.1, -0.05) is 37.2 Å². The summed E-state index contributed by atoms with van der Waals surface area (Å²) in [6.45, 7) is 6.98. The van der Waals surface area contributed by atoms with Crippen molar-refractivity contribution in [1.82, 2.24) is 5.32 Å². The van der Waals surface area contributed by atoms with E-state index in [4.69, 9.17) is 30.2 Å². The normalized spacial score (nSPS) is 10.9. The summed E-state index contributed by atoms with van der Waals surface area (Å²) in [6.07, 6.45) is 10.6. The van der Waals surface area contributed by atoms with Crippen LogP contribution in [0.5, 0.6) is 0 Å². The highest BCUT2D eigenvalue weighted by Gasteiger charge is 2.02. The molecule has 0 spiro atoms. The van der Waals surface area contributed by atoms with Crippen LogP contribution in [0.15, 0.2) is 5.11 Å². The largest absolute Gasteiger partial charge is 0.379 e. The predicted octanol–water partition coefficient (Wildman–Crippen LogP) is 3.38. The lowest BCUT2D eigenvalue weighted by atomic mass is 10.1. The van der Waals surface area contributed by atoms with Gasteiger partial charge in [-0.25, -0.2) is 0 Å². The fraction of sp³-hybridized carbons (Fsp3) is 0.957. The van der Waals surface area contributed by atoms with Gasteiger partial charge >= 0.3 is 0 Å². The zero-order valence-corrected chi connectivity index (χ0v) is 20.5. The Hall–Kier alpha value is -1.26. The van der Waals surface area contributed by atoms with Crippen LogP contribution < -0.4 is 11.1 Å². The van der Waals surface area contributed by atoms with Gasteiger partial charge in [0, 0.05) is 24.3 Å². The first-order chi connectivity index (χ1) is 16.3. The van der Waals surface area contributed by atoms with Gasteiger partial charge in [0.15, 0.2) is 0 Å². The number of nitrogens with one attached hydrogen (secondary N) is 1. The standard InChI is InChI=1S/C23H47N5O5/c24-11-8-13-26-12-7-5-3-1-2-4-6-9-23(29)10-15-30-17-19-32-21-22-33-20-18-31-16-14-27-28-25/h26H,1-22,24H2. The van der Waals surface area contributed by atoms with E-state index < -0.39 is 0 Å². The second-order valence-electron chi connectivity index (χ2n) is 7.81. The number of ether oxygens (including phenoxy) is 4. The van der Waals surface area contributed by atoms with E-state index in [9.17, 15) is 4.79 Å². The van der Waals surface area contributed by atoms with E-state index in [2.05, 4.69) is 15.3 Å². The number of ketones is 1. The minimum Gasteiger partial charge on any atom is -0.379 e. The molecule has 33 heavy (non-hydrogen) atoms. The summed E-state index contributed by atoms with van der Waals surface area (Å²) in [7, 11) is 0. The number of azide groups is 1. The fourth-order valence-electron chi connectivity index (χ4n) is 3.03. The molecule has 0 rings (SSSR count). The maximum Gasteiger partial charge on any atom is 0.135 e. The molecule has 3 N–H and O–H groups in total. The predicted molar refractivity (Wildman–Crippen MR) is 130 cm³/mol. The van der Waals surface area contributed by atoms with Crippen LogP contribution in [-0.4, -0.2) is 84.8 Å². The second-order valence-corrected chi connectivity index (χ2v) is 7.81. The molecule has 0 aromatic carbocycles. The Bertz CT molecular complexity index is 465. The Morgan fingerprint density at radius 2 is 1.21 bits per heavy atom. The topological polar surface area (TPSA) is 141 Å². The SMILES string of the molecule is [N-]=[N+]=NCCOCCOCCOCCOCCC(=O)CCCCCCCCCNCCCN. The van der Waals surface area contributed by atoms with Crippen LogP contribution >= 0.6 is 0 Å². The zero-order valence-electron chi connectivity index (χ0n) is 20.5. The van der Waals surface area contributed by atoms with Gasteiger partial charge in [0.05, 0.1) is 52.9 Å². The minimum atomic E-state index is 0.287. The molecule has 0 radical (unpaired) electrons. The minimum absolute atomic E-state index is 0.287. The highest BCUT2D eigenvalue weighted by molar-refractivity contribution is 5.78. The Labute approximate surface area is 199 Å². The van der Waals surface area contributed by atoms with Crippen molar-refractivity contribution in [2.45, 2.75) is 64.2 Å². The molecule has 0 unspecified atom stereocenters. The van der Waals surface area contributed by atoms with Gasteiger partial charge in [0.25, 0.3) is 0 Å². The van der Waals surface area contributed by atoms with Gasteiger partial charge in [-0.15, -0.1) is 0 Å². The summed E-state index contributed by atoms with van der Waals surface area (Å²) in [5, 5.41) is 6.77. The number of nitrogens with two attached hydrogens (primary N) is 1. The lowest BCUT2D eigenvalue weighted by Crippen LogP contribution is -2.19. The maximum absolute atomic E-state index is 11.9. The lowest BCUT2D eigenvalue weighted by Gasteiger charge is -2.07. The van der Waals surface area contributed by atoms with Crippen LogP contribution in [0.2, 0.25) is 0 Å². The van der Waals surface area contributed by atoms with Crippen molar-refractivity contribution in [3.63, 3.8) is 0 Å². The van der Waals surface area contributed by atoms with Crippen molar-refractivity contribution < 1.29 is 23.7 Å². The first-order valence-electron chi connectivity index (χ1n) is 12.6. The molecule has 10 heteroatoms. The van der Waals surface area contributed by atoms with Gasteiger partial charge in [-0.05, 0) is 44.4 Å². The highest BCUT2D eigenvalue weighted by Crippen LogP contribution is 2.09. The van der Waals surface area contributed by atoms with E-state index >= 15 is 0 Å². The molecule has 0 fully saturated rings. The number of carbonyl (C=O) groups is 1. The zero-order chi connectivity index (χ0) is 24.1. The van der Waals surface area contributed by atoms with E-state index in [1.807, 2.05) is 0 Å². The van der Waals surface area contributed by atoms with E-state index in [0.29, 0.717) is 72.2 Å². The first kappa shape index (κ1) is 31.7. The third-order valence-corrected chi connectivity index (χ3v) is 4.91. The van der Waals surface area contributed by atoms with Crippen molar-refractivity contribution >= 4 is 5.78 Å². The van der Waals surface area contributed by atoms with Gasteiger partial charge in [0.1, 0.15) is 5.78 Å². The smallest absolute Gasteiger partial charge is 0.135 e. The molecule has 0 bridgehead atoms. The highest BCUT2D eigenvalue weighted by atomic mass is 16.6. The second kappa shape index (κ2) is 28.8.